The van der Waals surface area contributed by atoms with Crippen molar-refractivity contribution in [2.75, 3.05) is 0 Å². The van der Waals surface area contributed by atoms with Crippen molar-refractivity contribution < 1.29 is 0 Å². The van der Waals surface area contributed by atoms with E-state index in [0.29, 0.717) is 11.2 Å². The highest BCUT2D eigenvalue weighted by Crippen LogP contribution is 2.46. The maximum absolute atomic E-state index is 3.88. The predicted molar refractivity (Wildman–Crippen MR) is 59.2 cm³/mol. The van der Waals surface area contributed by atoms with Crippen LogP contribution >= 0.6 is 11.8 Å². The van der Waals surface area contributed by atoms with E-state index < -0.39 is 0 Å². The van der Waals surface area contributed by atoms with Crippen LogP contribution in [0.4, 0.5) is 0 Å². The fourth-order valence-corrected chi connectivity index (χ4v) is 3.01. The van der Waals surface area contributed by atoms with E-state index in [1.54, 1.807) is 0 Å². The molecule has 1 aliphatic rings. The van der Waals surface area contributed by atoms with Gasteiger partial charge in [-0.3, -0.25) is 0 Å². The SMILES string of the molecule is C=CC1Sc2ccccc2C1C=C. The molecule has 0 aliphatic carbocycles. The summed E-state index contributed by atoms with van der Waals surface area (Å²) in [5, 5.41) is 0.468. The second kappa shape index (κ2) is 3.43. The summed E-state index contributed by atoms with van der Waals surface area (Å²) in [6, 6.07) is 8.51. The highest BCUT2D eigenvalue weighted by Gasteiger charge is 2.28. The van der Waals surface area contributed by atoms with E-state index in [4.69, 9.17) is 0 Å². The monoisotopic (exact) mass is 188 g/mol. The molecule has 1 heterocycles. The molecule has 1 aromatic rings. The molecule has 2 unspecified atom stereocenters. The van der Waals surface area contributed by atoms with Crippen molar-refractivity contribution in [2.24, 2.45) is 0 Å². The van der Waals surface area contributed by atoms with Gasteiger partial charge in [-0.25, -0.2) is 0 Å². The van der Waals surface area contributed by atoms with Gasteiger partial charge in [-0.2, -0.15) is 0 Å². The molecule has 0 amide bonds. The maximum Gasteiger partial charge on any atom is 0.0375 e. The molecule has 0 saturated heterocycles. The van der Waals surface area contributed by atoms with Crippen LogP contribution in [0.2, 0.25) is 0 Å². The van der Waals surface area contributed by atoms with Gasteiger partial charge in [0, 0.05) is 16.1 Å². The minimum absolute atomic E-state index is 0.443. The highest BCUT2D eigenvalue weighted by molar-refractivity contribution is 8.00. The molecule has 66 valence electrons. The summed E-state index contributed by atoms with van der Waals surface area (Å²) >= 11 is 1.88. The fourth-order valence-electron chi connectivity index (χ4n) is 1.72. The van der Waals surface area contributed by atoms with E-state index >= 15 is 0 Å². The van der Waals surface area contributed by atoms with Crippen molar-refractivity contribution in [2.45, 2.75) is 16.1 Å². The van der Waals surface area contributed by atoms with Gasteiger partial charge in [0.05, 0.1) is 0 Å². The number of benzene rings is 1. The van der Waals surface area contributed by atoms with Crippen molar-refractivity contribution in [3.63, 3.8) is 0 Å². The lowest BCUT2D eigenvalue weighted by Gasteiger charge is -2.09. The Morgan fingerprint density at radius 3 is 2.62 bits per heavy atom. The highest BCUT2D eigenvalue weighted by atomic mass is 32.2. The van der Waals surface area contributed by atoms with Crippen molar-refractivity contribution >= 4 is 11.8 Å². The van der Waals surface area contributed by atoms with Gasteiger partial charge in [0.25, 0.3) is 0 Å². The van der Waals surface area contributed by atoms with E-state index in [2.05, 4.69) is 37.4 Å². The number of rotatable bonds is 2. The Hall–Kier alpha value is -0.950. The van der Waals surface area contributed by atoms with E-state index in [1.165, 1.54) is 10.5 Å². The van der Waals surface area contributed by atoms with Crippen LogP contribution in [0.1, 0.15) is 11.5 Å². The van der Waals surface area contributed by atoms with Gasteiger partial charge in [-0.05, 0) is 11.6 Å². The lowest BCUT2D eigenvalue weighted by molar-refractivity contribution is 0.895. The van der Waals surface area contributed by atoms with E-state index in [-0.39, 0.29) is 0 Å². The first-order chi connectivity index (χ1) is 6.36. The van der Waals surface area contributed by atoms with Gasteiger partial charge >= 0.3 is 0 Å². The summed E-state index contributed by atoms with van der Waals surface area (Å²) in [5.41, 5.74) is 1.40. The van der Waals surface area contributed by atoms with Crippen LogP contribution in [0, 0.1) is 0 Å². The summed E-state index contributed by atoms with van der Waals surface area (Å²) < 4.78 is 0. The minimum atomic E-state index is 0.443. The number of hydrogen-bond acceptors (Lipinski definition) is 1. The zero-order valence-electron chi connectivity index (χ0n) is 7.44. The lowest BCUT2D eigenvalue weighted by atomic mass is 9.96. The molecular formula is C12H12S. The van der Waals surface area contributed by atoms with Gasteiger partial charge in [-0.15, -0.1) is 24.9 Å². The molecule has 0 nitrogen and oxygen atoms in total. The lowest BCUT2D eigenvalue weighted by Crippen LogP contribution is -2.02. The normalized spacial score (nSPS) is 25.2. The smallest absolute Gasteiger partial charge is 0.0375 e. The van der Waals surface area contributed by atoms with E-state index in [0.717, 1.165) is 0 Å². The largest absolute Gasteiger partial charge is 0.117 e. The Balaban J connectivity index is 2.45. The van der Waals surface area contributed by atoms with Gasteiger partial charge in [-0.1, -0.05) is 30.4 Å². The van der Waals surface area contributed by atoms with E-state index in [9.17, 15) is 0 Å². The quantitative estimate of drug-likeness (QED) is 0.639. The zero-order valence-corrected chi connectivity index (χ0v) is 8.26. The number of fused-ring (bicyclic) bond motifs is 1. The summed E-state index contributed by atoms with van der Waals surface area (Å²) in [7, 11) is 0. The second-order valence-electron chi connectivity index (χ2n) is 3.12. The van der Waals surface area contributed by atoms with Crippen LogP contribution in [0.25, 0.3) is 0 Å². The molecule has 0 aromatic heterocycles. The summed E-state index contributed by atoms with van der Waals surface area (Å²) in [4.78, 5) is 1.37. The number of allylic oxidation sites excluding steroid dienone is 1. The van der Waals surface area contributed by atoms with Crippen LogP contribution in [0.5, 0.6) is 0 Å². The number of hydrogen-bond donors (Lipinski definition) is 0. The number of thioether (sulfide) groups is 1. The molecular weight excluding hydrogens is 176 g/mol. The van der Waals surface area contributed by atoms with Crippen LogP contribution in [0.15, 0.2) is 54.5 Å². The standard InChI is InChI=1S/C12H12S/c1-3-9-10-7-5-6-8-12(10)13-11(9)4-2/h3-9,11H,1-2H2. The third-order valence-electron chi connectivity index (χ3n) is 2.38. The Labute approximate surface area is 83.4 Å². The molecule has 1 aliphatic heterocycles. The maximum atomic E-state index is 3.88. The fraction of sp³-hybridized carbons (Fsp3) is 0.167. The van der Waals surface area contributed by atoms with Crippen LogP contribution < -0.4 is 0 Å². The third-order valence-corrected chi connectivity index (χ3v) is 3.76. The molecule has 0 spiro atoms. The molecule has 0 radical (unpaired) electrons. The second-order valence-corrected chi connectivity index (χ2v) is 4.34. The van der Waals surface area contributed by atoms with Gasteiger partial charge in [0.1, 0.15) is 0 Å². The topological polar surface area (TPSA) is 0 Å². The molecule has 0 bridgehead atoms. The molecule has 2 atom stereocenters. The average molecular weight is 188 g/mol. The molecule has 1 heteroatoms. The molecule has 0 saturated carbocycles. The summed E-state index contributed by atoms with van der Waals surface area (Å²) in [6.07, 6.45) is 4.03. The van der Waals surface area contributed by atoms with Gasteiger partial charge in [0.2, 0.25) is 0 Å². The van der Waals surface area contributed by atoms with Gasteiger partial charge in [0.15, 0.2) is 0 Å². The Kier molecular flexibility index (Phi) is 2.28. The van der Waals surface area contributed by atoms with Gasteiger partial charge < -0.3 is 0 Å². The first kappa shape index (κ1) is 8.64. The first-order valence-electron chi connectivity index (χ1n) is 4.37. The first-order valence-corrected chi connectivity index (χ1v) is 5.25. The Bertz CT molecular complexity index is 341. The Morgan fingerprint density at radius 1 is 1.15 bits per heavy atom. The minimum Gasteiger partial charge on any atom is -0.117 e. The molecule has 2 rings (SSSR count). The predicted octanol–water partition coefficient (Wildman–Crippen LogP) is 3.62. The van der Waals surface area contributed by atoms with Crippen molar-refractivity contribution in [3.8, 4) is 0 Å². The molecule has 0 fully saturated rings. The third kappa shape index (κ3) is 1.33. The van der Waals surface area contributed by atoms with Crippen LogP contribution in [-0.2, 0) is 0 Å². The Morgan fingerprint density at radius 2 is 1.92 bits per heavy atom. The molecule has 0 N–H and O–H groups in total. The summed E-state index contributed by atoms with van der Waals surface area (Å²) in [5.74, 6) is 0.443. The van der Waals surface area contributed by atoms with E-state index in [1.807, 2.05) is 23.9 Å². The van der Waals surface area contributed by atoms with Crippen LogP contribution in [0.3, 0.4) is 0 Å². The van der Waals surface area contributed by atoms with Crippen molar-refractivity contribution in [1.29, 1.82) is 0 Å². The molecule has 13 heavy (non-hydrogen) atoms. The average Bonchev–Trinajstić information content (AvgIpc) is 2.55. The summed E-state index contributed by atoms with van der Waals surface area (Å²) in [6.45, 7) is 7.73. The zero-order chi connectivity index (χ0) is 9.26. The molecule has 1 aromatic carbocycles. The van der Waals surface area contributed by atoms with Crippen molar-refractivity contribution in [3.05, 3.63) is 55.1 Å². The van der Waals surface area contributed by atoms with Crippen LogP contribution in [-0.4, -0.2) is 5.25 Å². The van der Waals surface area contributed by atoms with Crippen molar-refractivity contribution in [1.82, 2.24) is 0 Å².